The number of anilines is 2. The lowest BCUT2D eigenvalue weighted by atomic mass is 10.1. The smallest absolute Gasteiger partial charge is 0.323 e. The first-order valence-corrected chi connectivity index (χ1v) is 7.62. The number of hydrogen-bond donors (Lipinski definition) is 2. The van der Waals surface area contributed by atoms with Crippen LogP contribution in [0.2, 0.25) is 0 Å². The van der Waals surface area contributed by atoms with Gasteiger partial charge in [0.1, 0.15) is 0 Å². The average Bonchev–Trinajstić information content (AvgIpc) is 2.71. The highest BCUT2D eigenvalue weighted by atomic mass is 16.5. The fourth-order valence-electron chi connectivity index (χ4n) is 2.48. The van der Waals surface area contributed by atoms with Crippen molar-refractivity contribution in [3.63, 3.8) is 0 Å². The molecule has 1 atom stereocenters. The molecule has 7 heteroatoms. The molecule has 0 saturated carbocycles. The maximum Gasteiger partial charge on any atom is 0.323 e. The number of aliphatic hydroxyl groups excluding tert-OH is 1. The Morgan fingerprint density at radius 3 is 2.76 bits per heavy atom. The molecule has 21 heavy (non-hydrogen) atoms. The summed E-state index contributed by atoms with van der Waals surface area (Å²) in [6.07, 6.45) is 4.34. The molecule has 0 amide bonds. The zero-order valence-corrected chi connectivity index (χ0v) is 13.0. The number of aromatic nitrogens is 3. The zero-order valence-electron chi connectivity index (χ0n) is 13.0. The predicted octanol–water partition coefficient (Wildman–Crippen LogP) is 1.44. The van der Waals surface area contributed by atoms with Crippen LogP contribution in [0.1, 0.15) is 39.5 Å². The highest BCUT2D eigenvalue weighted by molar-refractivity contribution is 5.39. The van der Waals surface area contributed by atoms with E-state index in [1.165, 1.54) is 6.42 Å². The van der Waals surface area contributed by atoms with E-state index in [0.717, 1.165) is 25.8 Å². The lowest BCUT2D eigenvalue weighted by Crippen LogP contribution is -2.39. The first kappa shape index (κ1) is 15.8. The summed E-state index contributed by atoms with van der Waals surface area (Å²) in [6.45, 7) is 4.83. The molecule has 1 aliphatic rings. The van der Waals surface area contributed by atoms with E-state index in [2.05, 4.69) is 25.2 Å². The summed E-state index contributed by atoms with van der Waals surface area (Å²) in [4.78, 5) is 15.1. The van der Waals surface area contributed by atoms with Crippen LogP contribution in [-0.4, -0.2) is 52.4 Å². The minimum absolute atomic E-state index is 0.00253. The molecular formula is C14H25N5O2. The number of nitrogens with zero attached hydrogens (tertiary/aromatic N) is 4. The monoisotopic (exact) mass is 295 g/mol. The molecule has 1 aliphatic heterocycles. The van der Waals surface area contributed by atoms with Gasteiger partial charge in [-0.1, -0.05) is 12.8 Å². The van der Waals surface area contributed by atoms with Crippen molar-refractivity contribution in [3.8, 4) is 6.01 Å². The second kappa shape index (κ2) is 7.40. The van der Waals surface area contributed by atoms with E-state index in [4.69, 9.17) is 4.74 Å². The van der Waals surface area contributed by atoms with Gasteiger partial charge in [0, 0.05) is 13.6 Å². The molecule has 1 unspecified atom stereocenters. The van der Waals surface area contributed by atoms with Crippen molar-refractivity contribution in [2.45, 2.75) is 51.7 Å². The van der Waals surface area contributed by atoms with Crippen molar-refractivity contribution in [2.24, 2.45) is 0 Å². The molecule has 1 fully saturated rings. The van der Waals surface area contributed by atoms with Crippen molar-refractivity contribution in [2.75, 3.05) is 30.4 Å². The van der Waals surface area contributed by atoms with Gasteiger partial charge in [0.15, 0.2) is 0 Å². The normalized spacial score (nSPS) is 19.5. The summed E-state index contributed by atoms with van der Waals surface area (Å²) in [6, 6.07) is 0.381. The van der Waals surface area contributed by atoms with Crippen LogP contribution >= 0.6 is 0 Å². The van der Waals surface area contributed by atoms with Gasteiger partial charge in [-0.05, 0) is 26.7 Å². The molecule has 118 valence electrons. The maximum absolute atomic E-state index is 9.63. The Hall–Kier alpha value is -1.63. The van der Waals surface area contributed by atoms with Gasteiger partial charge in [-0.15, -0.1) is 0 Å². The molecule has 0 aliphatic carbocycles. The molecule has 0 spiro atoms. The maximum atomic E-state index is 9.63. The molecule has 1 aromatic rings. The van der Waals surface area contributed by atoms with Crippen LogP contribution in [0, 0.1) is 0 Å². The number of rotatable bonds is 5. The van der Waals surface area contributed by atoms with E-state index >= 15 is 0 Å². The molecule has 2 heterocycles. The van der Waals surface area contributed by atoms with Gasteiger partial charge in [-0.3, -0.25) is 0 Å². The summed E-state index contributed by atoms with van der Waals surface area (Å²) >= 11 is 0. The van der Waals surface area contributed by atoms with E-state index in [1.807, 2.05) is 13.8 Å². The van der Waals surface area contributed by atoms with Crippen molar-refractivity contribution in [3.05, 3.63) is 0 Å². The molecular weight excluding hydrogens is 270 g/mol. The SMILES string of the molecule is CNc1nc(OC(C)C)nc(N2CCCCCC2CO)n1. The van der Waals surface area contributed by atoms with Crippen LogP contribution in [0.25, 0.3) is 0 Å². The number of nitrogens with one attached hydrogen (secondary N) is 1. The van der Waals surface area contributed by atoms with E-state index in [0.29, 0.717) is 17.9 Å². The summed E-state index contributed by atoms with van der Waals surface area (Å²) < 4.78 is 5.60. The Labute approximate surface area is 125 Å². The molecule has 0 radical (unpaired) electrons. The Morgan fingerprint density at radius 2 is 2.10 bits per heavy atom. The molecule has 2 N–H and O–H groups in total. The Kier molecular flexibility index (Phi) is 5.55. The average molecular weight is 295 g/mol. The summed E-state index contributed by atoms with van der Waals surface area (Å²) in [5, 5.41) is 12.6. The van der Waals surface area contributed by atoms with Crippen LogP contribution in [0.5, 0.6) is 6.01 Å². The standard InChI is InChI=1S/C14H25N5O2/c1-10(2)21-14-17-12(15-3)16-13(18-14)19-8-6-4-5-7-11(19)9-20/h10-11,20H,4-9H2,1-3H3,(H,15,16,17,18). The Bertz CT molecular complexity index is 455. The quantitative estimate of drug-likeness (QED) is 0.850. The van der Waals surface area contributed by atoms with Gasteiger partial charge >= 0.3 is 6.01 Å². The van der Waals surface area contributed by atoms with E-state index < -0.39 is 0 Å². The highest BCUT2D eigenvalue weighted by Crippen LogP contribution is 2.23. The first-order chi connectivity index (χ1) is 10.1. The fraction of sp³-hybridized carbons (Fsp3) is 0.786. The van der Waals surface area contributed by atoms with Crippen LogP contribution < -0.4 is 15.0 Å². The molecule has 1 saturated heterocycles. The number of hydrogen-bond acceptors (Lipinski definition) is 7. The highest BCUT2D eigenvalue weighted by Gasteiger charge is 2.24. The first-order valence-electron chi connectivity index (χ1n) is 7.62. The van der Waals surface area contributed by atoms with E-state index in [9.17, 15) is 5.11 Å². The van der Waals surface area contributed by atoms with Crippen molar-refractivity contribution >= 4 is 11.9 Å². The van der Waals surface area contributed by atoms with Gasteiger partial charge in [-0.25, -0.2) is 0 Å². The lowest BCUT2D eigenvalue weighted by Gasteiger charge is -2.28. The minimum atomic E-state index is 0.00253. The largest absolute Gasteiger partial charge is 0.461 e. The number of ether oxygens (including phenoxy) is 1. The third kappa shape index (κ3) is 4.17. The second-order valence-electron chi connectivity index (χ2n) is 5.54. The van der Waals surface area contributed by atoms with Crippen LogP contribution in [0.4, 0.5) is 11.9 Å². The van der Waals surface area contributed by atoms with Crippen molar-refractivity contribution < 1.29 is 9.84 Å². The van der Waals surface area contributed by atoms with Gasteiger partial charge in [0.2, 0.25) is 11.9 Å². The summed E-state index contributed by atoms with van der Waals surface area (Å²) in [5.41, 5.74) is 0. The van der Waals surface area contributed by atoms with Gasteiger partial charge in [0.25, 0.3) is 0 Å². The molecule has 1 aromatic heterocycles. The molecule has 0 aromatic carbocycles. The zero-order chi connectivity index (χ0) is 15.2. The Morgan fingerprint density at radius 1 is 1.29 bits per heavy atom. The van der Waals surface area contributed by atoms with Crippen LogP contribution in [-0.2, 0) is 0 Å². The molecule has 0 bridgehead atoms. The minimum Gasteiger partial charge on any atom is -0.461 e. The van der Waals surface area contributed by atoms with Gasteiger partial charge < -0.3 is 20.1 Å². The van der Waals surface area contributed by atoms with E-state index in [-0.39, 0.29) is 18.8 Å². The fourth-order valence-corrected chi connectivity index (χ4v) is 2.48. The van der Waals surface area contributed by atoms with Gasteiger partial charge in [-0.2, -0.15) is 15.0 Å². The van der Waals surface area contributed by atoms with Crippen molar-refractivity contribution in [1.29, 1.82) is 0 Å². The summed E-state index contributed by atoms with van der Waals surface area (Å²) in [7, 11) is 1.77. The van der Waals surface area contributed by atoms with Crippen molar-refractivity contribution in [1.82, 2.24) is 15.0 Å². The van der Waals surface area contributed by atoms with Crippen LogP contribution in [0.3, 0.4) is 0 Å². The van der Waals surface area contributed by atoms with Crippen LogP contribution in [0.15, 0.2) is 0 Å². The molecule has 2 rings (SSSR count). The summed E-state index contributed by atoms with van der Waals surface area (Å²) in [5.74, 6) is 1.06. The van der Waals surface area contributed by atoms with E-state index in [1.54, 1.807) is 7.05 Å². The Balaban J connectivity index is 2.30. The second-order valence-corrected chi connectivity index (χ2v) is 5.54. The van der Waals surface area contributed by atoms with Gasteiger partial charge in [0.05, 0.1) is 18.8 Å². The third-order valence-electron chi connectivity index (χ3n) is 3.51. The molecule has 7 nitrogen and oxygen atoms in total. The lowest BCUT2D eigenvalue weighted by molar-refractivity contribution is 0.221. The number of aliphatic hydroxyl groups is 1. The topological polar surface area (TPSA) is 83.4 Å². The third-order valence-corrected chi connectivity index (χ3v) is 3.51. The predicted molar refractivity (Wildman–Crippen MR) is 81.8 cm³/mol.